The highest BCUT2D eigenvalue weighted by Gasteiger charge is 2.17. The van der Waals surface area contributed by atoms with E-state index in [0.29, 0.717) is 22.4 Å². The highest BCUT2D eigenvalue weighted by molar-refractivity contribution is 6.42. The molecule has 1 nitrogen and oxygen atoms in total. The van der Waals surface area contributed by atoms with Crippen molar-refractivity contribution in [1.82, 2.24) is 0 Å². The van der Waals surface area contributed by atoms with Gasteiger partial charge >= 0.3 is 0 Å². The number of rotatable bonds is 4. The largest absolute Gasteiger partial charge is 0.393 e. The van der Waals surface area contributed by atoms with E-state index >= 15 is 0 Å². The summed E-state index contributed by atoms with van der Waals surface area (Å²) in [5, 5.41) is 11.4. The first kappa shape index (κ1) is 15.2. The van der Waals surface area contributed by atoms with Crippen molar-refractivity contribution in [3.8, 4) is 0 Å². The van der Waals surface area contributed by atoms with Gasteiger partial charge in [0.15, 0.2) is 0 Å². The molecule has 1 aromatic rings. The molecule has 0 saturated heterocycles. The van der Waals surface area contributed by atoms with Crippen molar-refractivity contribution in [1.29, 1.82) is 0 Å². The van der Waals surface area contributed by atoms with Crippen LogP contribution in [0.15, 0.2) is 18.2 Å². The lowest BCUT2D eigenvalue weighted by Gasteiger charge is -2.18. The molecule has 0 spiro atoms. The SMILES string of the molecule is OC(Cc1ccc(Cl)c(Cl)c1)CC1CCCCCC1. The zero-order valence-corrected chi connectivity index (χ0v) is 12.8. The van der Waals surface area contributed by atoms with Crippen LogP contribution in [-0.4, -0.2) is 11.2 Å². The number of hydrogen-bond donors (Lipinski definition) is 1. The van der Waals surface area contributed by atoms with Crippen LogP contribution < -0.4 is 0 Å². The second kappa shape index (κ2) is 7.52. The summed E-state index contributed by atoms with van der Waals surface area (Å²) in [5.74, 6) is 0.695. The molecule has 1 fully saturated rings. The third-order valence-electron chi connectivity index (χ3n) is 4.04. The standard InChI is InChI=1S/C16H22Cl2O/c17-15-8-7-13(11-16(15)18)10-14(19)9-12-5-3-1-2-4-6-12/h7-8,11-12,14,19H,1-6,9-10H2. The molecule has 1 unspecified atom stereocenters. The first-order valence-electron chi connectivity index (χ1n) is 7.27. The quantitative estimate of drug-likeness (QED) is 0.752. The normalized spacial score (nSPS) is 19.1. The van der Waals surface area contributed by atoms with Crippen molar-refractivity contribution in [3.63, 3.8) is 0 Å². The molecule has 106 valence electrons. The van der Waals surface area contributed by atoms with Crippen molar-refractivity contribution in [2.45, 2.75) is 57.5 Å². The molecule has 0 amide bonds. The summed E-state index contributed by atoms with van der Waals surface area (Å²) < 4.78 is 0. The van der Waals surface area contributed by atoms with E-state index < -0.39 is 0 Å². The lowest BCUT2D eigenvalue weighted by Crippen LogP contribution is -2.16. The van der Waals surface area contributed by atoms with Crippen LogP contribution in [0.1, 0.15) is 50.5 Å². The molecule has 2 rings (SSSR count). The van der Waals surface area contributed by atoms with Crippen molar-refractivity contribution in [2.24, 2.45) is 5.92 Å². The molecule has 1 atom stereocenters. The lowest BCUT2D eigenvalue weighted by molar-refractivity contribution is 0.137. The third kappa shape index (κ3) is 4.98. The molecule has 0 bridgehead atoms. The fourth-order valence-electron chi connectivity index (χ4n) is 3.01. The average Bonchev–Trinajstić information content (AvgIpc) is 2.62. The number of halogens is 2. The summed E-state index contributed by atoms with van der Waals surface area (Å²) >= 11 is 11.9. The Morgan fingerprint density at radius 2 is 1.74 bits per heavy atom. The predicted octanol–water partition coefficient (Wildman–Crippen LogP) is 5.26. The number of aliphatic hydroxyl groups excluding tert-OH is 1. The fourth-order valence-corrected chi connectivity index (χ4v) is 3.33. The summed E-state index contributed by atoms with van der Waals surface area (Å²) in [6.07, 6.45) is 9.25. The molecule has 1 N–H and O–H groups in total. The van der Waals surface area contributed by atoms with Crippen LogP contribution in [-0.2, 0) is 6.42 Å². The molecule has 19 heavy (non-hydrogen) atoms. The van der Waals surface area contributed by atoms with E-state index in [1.807, 2.05) is 12.1 Å². The molecular weight excluding hydrogens is 279 g/mol. The van der Waals surface area contributed by atoms with Gasteiger partial charge in [0.1, 0.15) is 0 Å². The third-order valence-corrected chi connectivity index (χ3v) is 4.77. The Morgan fingerprint density at radius 1 is 1.05 bits per heavy atom. The molecule has 1 aliphatic rings. The summed E-state index contributed by atoms with van der Waals surface area (Å²) in [7, 11) is 0. The molecule has 1 aromatic carbocycles. The highest BCUT2D eigenvalue weighted by atomic mass is 35.5. The molecular formula is C16H22Cl2O. The van der Waals surface area contributed by atoms with E-state index in [0.717, 1.165) is 12.0 Å². The van der Waals surface area contributed by atoms with Gasteiger partial charge in [-0.25, -0.2) is 0 Å². The topological polar surface area (TPSA) is 20.2 Å². The molecule has 1 saturated carbocycles. The van der Waals surface area contributed by atoms with Crippen LogP contribution in [0, 0.1) is 5.92 Å². The summed E-state index contributed by atoms with van der Waals surface area (Å²) in [5.41, 5.74) is 1.07. The van der Waals surface area contributed by atoms with Gasteiger partial charge < -0.3 is 5.11 Å². The molecule has 3 heteroatoms. The smallest absolute Gasteiger partial charge is 0.0595 e. The average molecular weight is 301 g/mol. The Kier molecular flexibility index (Phi) is 6.00. The molecule has 0 heterocycles. The van der Waals surface area contributed by atoms with E-state index in [1.54, 1.807) is 6.07 Å². The number of benzene rings is 1. The van der Waals surface area contributed by atoms with Gasteiger partial charge in [0.2, 0.25) is 0 Å². The van der Waals surface area contributed by atoms with E-state index in [2.05, 4.69) is 0 Å². The van der Waals surface area contributed by atoms with Crippen LogP contribution in [0.4, 0.5) is 0 Å². The van der Waals surface area contributed by atoms with Crippen molar-refractivity contribution in [3.05, 3.63) is 33.8 Å². The van der Waals surface area contributed by atoms with Gasteiger partial charge in [-0.2, -0.15) is 0 Å². The van der Waals surface area contributed by atoms with Crippen molar-refractivity contribution in [2.75, 3.05) is 0 Å². The second-order valence-corrected chi connectivity index (χ2v) is 6.51. The Hall–Kier alpha value is -0.240. The van der Waals surface area contributed by atoms with Crippen LogP contribution >= 0.6 is 23.2 Å². The first-order valence-corrected chi connectivity index (χ1v) is 8.02. The lowest BCUT2D eigenvalue weighted by atomic mass is 9.91. The Bertz CT molecular complexity index is 398. The van der Waals surface area contributed by atoms with Gasteiger partial charge in [0, 0.05) is 0 Å². The van der Waals surface area contributed by atoms with Crippen LogP contribution in [0.5, 0.6) is 0 Å². The maximum Gasteiger partial charge on any atom is 0.0595 e. The van der Waals surface area contributed by atoms with Gasteiger partial charge in [-0.05, 0) is 36.5 Å². The van der Waals surface area contributed by atoms with E-state index in [1.165, 1.54) is 38.5 Å². The Balaban J connectivity index is 1.85. The minimum Gasteiger partial charge on any atom is -0.393 e. The zero-order chi connectivity index (χ0) is 13.7. The Morgan fingerprint density at radius 3 is 2.37 bits per heavy atom. The zero-order valence-electron chi connectivity index (χ0n) is 11.2. The highest BCUT2D eigenvalue weighted by Crippen LogP contribution is 2.28. The van der Waals surface area contributed by atoms with E-state index in [4.69, 9.17) is 23.2 Å². The van der Waals surface area contributed by atoms with Crippen molar-refractivity contribution >= 4 is 23.2 Å². The van der Waals surface area contributed by atoms with Gasteiger partial charge in [-0.3, -0.25) is 0 Å². The summed E-state index contributed by atoms with van der Waals surface area (Å²) in [6, 6.07) is 5.61. The van der Waals surface area contributed by atoms with Crippen molar-refractivity contribution < 1.29 is 5.11 Å². The second-order valence-electron chi connectivity index (χ2n) is 5.70. The first-order chi connectivity index (χ1) is 9.15. The van der Waals surface area contributed by atoms with Crippen LogP contribution in [0.2, 0.25) is 10.0 Å². The minimum absolute atomic E-state index is 0.264. The fraction of sp³-hybridized carbons (Fsp3) is 0.625. The summed E-state index contributed by atoms with van der Waals surface area (Å²) in [6.45, 7) is 0. The van der Waals surface area contributed by atoms with Crippen LogP contribution in [0.3, 0.4) is 0 Å². The Labute approximate surface area is 125 Å². The van der Waals surface area contributed by atoms with Gasteiger partial charge in [0.25, 0.3) is 0 Å². The molecule has 1 aliphatic carbocycles. The molecule has 0 aliphatic heterocycles. The number of aliphatic hydroxyl groups is 1. The summed E-state index contributed by atoms with van der Waals surface area (Å²) in [4.78, 5) is 0. The van der Waals surface area contributed by atoms with Crippen LogP contribution in [0.25, 0.3) is 0 Å². The van der Waals surface area contributed by atoms with Gasteiger partial charge in [0.05, 0.1) is 16.1 Å². The predicted molar refractivity (Wildman–Crippen MR) is 82.0 cm³/mol. The minimum atomic E-state index is -0.264. The van der Waals surface area contributed by atoms with E-state index in [-0.39, 0.29) is 6.10 Å². The maximum atomic E-state index is 10.2. The van der Waals surface area contributed by atoms with Gasteiger partial charge in [-0.1, -0.05) is 67.8 Å². The molecule has 0 radical (unpaired) electrons. The van der Waals surface area contributed by atoms with Gasteiger partial charge in [-0.15, -0.1) is 0 Å². The number of hydrogen-bond acceptors (Lipinski definition) is 1. The molecule has 0 aromatic heterocycles. The van der Waals surface area contributed by atoms with E-state index in [9.17, 15) is 5.11 Å². The monoisotopic (exact) mass is 300 g/mol. The maximum absolute atomic E-state index is 10.2.